The molecule has 6 heteroatoms. The largest absolute Gasteiger partial charge is 0.456 e. The molecule has 18 heavy (non-hydrogen) atoms. The topological polar surface area (TPSA) is 52.1 Å². The van der Waals surface area contributed by atoms with E-state index in [4.69, 9.17) is 16.3 Å². The predicted octanol–water partition coefficient (Wildman–Crippen LogP) is 3.25. The minimum Gasteiger partial charge on any atom is -0.456 e. The van der Waals surface area contributed by atoms with E-state index in [0.717, 1.165) is 10.0 Å². The Bertz CT molecular complexity index is 560. The molecule has 0 fully saturated rings. The fourth-order valence-electron chi connectivity index (χ4n) is 1.24. The smallest absolute Gasteiger partial charge is 0.358 e. The van der Waals surface area contributed by atoms with Gasteiger partial charge in [-0.1, -0.05) is 39.7 Å². The van der Waals surface area contributed by atoms with Gasteiger partial charge in [0, 0.05) is 4.47 Å². The van der Waals surface area contributed by atoms with E-state index >= 15 is 0 Å². The van der Waals surface area contributed by atoms with Crippen molar-refractivity contribution in [2.75, 3.05) is 0 Å². The quantitative estimate of drug-likeness (QED) is 0.812. The maximum atomic E-state index is 11.6. The van der Waals surface area contributed by atoms with Gasteiger partial charge in [-0.05, 0) is 17.7 Å². The van der Waals surface area contributed by atoms with Crippen molar-refractivity contribution >= 4 is 33.5 Å². The lowest BCUT2D eigenvalue weighted by molar-refractivity contribution is 0.0465. The minimum atomic E-state index is -0.548. The molecule has 0 atom stereocenters. The number of nitrogens with zero attached hydrogens (tertiary/aromatic N) is 2. The van der Waals surface area contributed by atoms with Crippen LogP contribution in [0.15, 0.2) is 41.1 Å². The normalized spacial score (nSPS) is 10.1. The average molecular weight is 328 g/mol. The van der Waals surface area contributed by atoms with Crippen LogP contribution in [-0.4, -0.2) is 15.9 Å². The van der Waals surface area contributed by atoms with Gasteiger partial charge in [-0.15, -0.1) is 0 Å². The van der Waals surface area contributed by atoms with E-state index in [1.165, 1.54) is 12.4 Å². The highest BCUT2D eigenvalue weighted by molar-refractivity contribution is 9.10. The number of halogens is 2. The second kappa shape index (κ2) is 5.93. The first-order chi connectivity index (χ1) is 8.65. The summed E-state index contributed by atoms with van der Waals surface area (Å²) >= 11 is 8.97. The Balaban J connectivity index is 1.98. The van der Waals surface area contributed by atoms with Gasteiger partial charge in [-0.3, -0.25) is 4.98 Å². The van der Waals surface area contributed by atoms with Gasteiger partial charge >= 0.3 is 5.97 Å². The number of hydrogen-bond donors (Lipinski definition) is 0. The maximum Gasteiger partial charge on any atom is 0.358 e. The Labute approximate surface area is 117 Å². The van der Waals surface area contributed by atoms with Gasteiger partial charge in [0.05, 0.1) is 12.4 Å². The summed E-state index contributed by atoms with van der Waals surface area (Å²) in [6, 6.07) is 7.48. The molecule has 1 aromatic carbocycles. The molecule has 0 N–H and O–H groups in total. The highest BCUT2D eigenvalue weighted by Crippen LogP contribution is 2.12. The Morgan fingerprint density at radius 3 is 2.67 bits per heavy atom. The van der Waals surface area contributed by atoms with Gasteiger partial charge in [0.1, 0.15) is 11.8 Å². The monoisotopic (exact) mass is 326 g/mol. The molecule has 0 aliphatic heterocycles. The Morgan fingerprint density at radius 1 is 1.28 bits per heavy atom. The van der Waals surface area contributed by atoms with E-state index in [9.17, 15) is 4.79 Å². The van der Waals surface area contributed by atoms with Crippen molar-refractivity contribution in [3.05, 3.63) is 57.5 Å². The van der Waals surface area contributed by atoms with Crippen molar-refractivity contribution in [2.24, 2.45) is 0 Å². The zero-order chi connectivity index (χ0) is 13.0. The number of esters is 1. The number of carbonyl (C=O) groups excluding carboxylic acids is 1. The molecular formula is C12H8BrClN2O2. The van der Waals surface area contributed by atoms with Crippen LogP contribution in [0.3, 0.4) is 0 Å². The van der Waals surface area contributed by atoms with Gasteiger partial charge < -0.3 is 4.74 Å². The lowest BCUT2D eigenvalue weighted by Gasteiger charge is -2.04. The highest BCUT2D eigenvalue weighted by Gasteiger charge is 2.10. The van der Waals surface area contributed by atoms with Gasteiger partial charge in [0.15, 0.2) is 5.69 Å². The molecule has 0 saturated heterocycles. The fraction of sp³-hybridized carbons (Fsp3) is 0.0833. The van der Waals surface area contributed by atoms with Crippen LogP contribution in [-0.2, 0) is 11.3 Å². The number of aromatic nitrogens is 2. The molecule has 2 rings (SSSR count). The molecule has 2 aromatic rings. The molecule has 92 valence electrons. The number of carbonyl (C=O) groups is 1. The summed E-state index contributed by atoms with van der Waals surface area (Å²) in [5.74, 6) is -0.548. The van der Waals surface area contributed by atoms with Crippen LogP contribution in [0, 0.1) is 0 Å². The summed E-state index contributed by atoms with van der Waals surface area (Å²) in [6.07, 6.45) is 2.67. The average Bonchev–Trinajstić information content (AvgIpc) is 2.38. The molecular weight excluding hydrogens is 320 g/mol. The summed E-state index contributed by atoms with van der Waals surface area (Å²) in [7, 11) is 0. The number of benzene rings is 1. The second-order valence-corrected chi connectivity index (χ2v) is 4.73. The van der Waals surface area contributed by atoms with Crippen LogP contribution in [0.25, 0.3) is 0 Å². The van der Waals surface area contributed by atoms with Crippen LogP contribution >= 0.6 is 27.5 Å². The van der Waals surface area contributed by atoms with Crippen molar-refractivity contribution in [3.63, 3.8) is 0 Å². The summed E-state index contributed by atoms with van der Waals surface area (Å²) in [4.78, 5) is 19.2. The zero-order valence-electron chi connectivity index (χ0n) is 9.14. The molecule has 0 spiro atoms. The number of hydrogen-bond acceptors (Lipinski definition) is 4. The van der Waals surface area contributed by atoms with Crippen LogP contribution in [0.1, 0.15) is 16.1 Å². The Morgan fingerprint density at radius 2 is 2.00 bits per heavy atom. The predicted molar refractivity (Wildman–Crippen MR) is 70.3 cm³/mol. The zero-order valence-corrected chi connectivity index (χ0v) is 11.5. The third-order valence-electron chi connectivity index (χ3n) is 2.10. The van der Waals surface area contributed by atoms with E-state index in [2.05, 4.69) is 25.9 Å². The molecule has 0 aliphatic carbocycles. The van der Waals surface area contributed by atoms with Crippen molar-refractivity contribution in [1.82, 2.24) is 9.97 Å². The first kappa shape index (κ1) is 13.0. The molecule has 1 aromatic heterocycles. The van der Waals surface area contributed by atoms with Crippen LogP contribution < -0.4 is 0 Å². The first-order valence-electron chi connectivity index (χ1n) is 5.04. The Kier molecular flexibility index (Phi) is 4.28. The molecule has 0 amide bonds. The van der Waals surface area contributed by atoms with Crippen LogP contribution in [0.4, 0.5) is 0 Å². The molecule has 0 unspecified atom stereocenters. The first-order valence-corrected chi connectivity index (χ1v) is 6.21. The van der Waals surface area contributed by atoms with E-state index in [1.807, 2.05) is 24.3 Å². The van der Waals surface area contributed by atoms with Gasteiger partial charge in [-0.2, -0.15) is 0 Å². The fourth-order valence-corrected chi connectivity index (χ4v) is 1.66. The highest BCUT2D eigenvalue weighted by atomic mass is 79.9. The summed E-state index contributed by atoms with van der Waals surface area (Å²) in [6.45, 7) is 0.181. The van der Waals surface area contributed by atoms with Crippen LogP contribution in [0.2, 0.25) is 5.15 Å². The maximum absolute atomic E-state index is 11.6. The van der Waals surface area contributed by atoms with E-state index in [-0.39, 0.29) is 17.5 Å². The molecule has 1 heterocycles. The molecule has 0 radical (unpaired) electrons. The van der Waals surface area contributed by atoms with E-state index in [1.54, 1.807) is 0 Å². The van der Waals surface area contributed by atoms with E-state index < -0.39 is 5.97 Å². The minimum absolute atomic E-state index is 0.0969. The SMILES string of the molecule is O=C(OCc1ccc(Br)cc1)c1cncc(Cl)n1. The number of ether oxygens (including phenoxy) is 1. The lowest BCUT2D eigenvalue weighted by Crippen LogP contribution is -2.08. The van der Waals surface area contributed by atoms with E-state index in [0.29, 0.717) is 0 Å². The second-order valence-electron chi connectivity index (χ2n) is 3.43. The van der Waals surface area contributed by atoms with Crippen molar-refractivity contribution in [1.29, 1.82) is 0 Å². The van der Waals surface area contributed by atoms with Crippen molar-refractivity contribution in [3.8, 4) is 0 Å². The molecule has 0 bridgehead atoms. The lowest BCUT2D eigenvalue weighted by atomic mass is 10.2. The van der Waals surface area contributed by atoms with Crippen molar-refractivity contribution < 1.29 is 9.53 Å². The summed E-state index contributed by atoms with van der Waals surface area (Å²) in [5.41, 5.74) is 0.987. The number of rotatable bonds is 3. The molecule has 4 nitrogen and oxygen atoms in total. The van der Waals surface area contributed by atoms with Crippen LogP contribution in [0.5, 0.6) is 0 Å². The van der Waals surface area contributed by atoms with Gasteiger partial charge in [0.25, 0.3) is 0 Å². The third-order valence-corrected chi connectivity index (χ3v) is 2.81. The van der Waals surface area contributed by atoms with Gasteiger partial charge in [-0.25, -0.2) is 9.78 Å². The summed E-state index contributed by atoms with van der Waals surface area (Å²) in [5, 5.41) is 0.160. The molecule has 0 aliphatic rings. The van der Waals surface area contributed by atoms with Gasteiger partial charge in [0.2, 0.25) is 0 Å². The Hall–Kier alpha value is -1.46. The summed E-state index contributed by atoms with van der Waals surface area (Å²) < 4.78 is 6.06. The standard InChI is InChI=1S/C12H8BrClN2O2/c13-9-3-1-8(2-4-9)7-18-12(17)10-5-15-6-11(14)16-10/h1-6H,7H2. The third kappa shape index (κ3) is 3.51. The molecule has 0 saturated carbocycles. The van der Waals surface area contributed by atoms with Crippen molar-refractivity contribution in [2.45, 2.75) is 6.61 Å².